The van der Waals surface area contributed by atoms with Crippen molar-refractivity contribution in [1.29, 1.82) is 0 Å². The number of aliphatic hydroxyl groups is 2. The average molecular weight is 198 g/mol. The SMILES string of the molecule is CC.CC=CO.CO.c1ccccc1. The van der Waals surface area contributed by atoms with Crippen molar-refractivity contribution in [3.05, 3.63) is 48.7 Å². The Bertz CT molecular complexity index is 129. The van der Waals surface area contributed by atoms with E-state index >= 15 is 0 Å². The molecule has 0 radical (unpaired) electrons. The summed E-state index contributed by atoms with van der Waals surface area (Å²) in [4.78, 5) is 0. The lowest BCUT2D eigenvalue weighted by Gasteiger charge is -1.69. The molecular formula is C12H22O2. The largest absolute Gasteiger partial charge is 0.516 e. The van der Waals surface area contributed by atoms with Crippen LogP contribution in [0.15, 0.2) is 48.7 Å². The Hall–Kier alpha value is -1.28. The number of rotatable bonds is 0. The van der Waals surface area contributed by atoms with Crippen molar-refractivity contribution in [1.82, 2.24) is 0 Å². The summed E-state index contributed by atoms with van der Waals surface area (Å²) in [5.74, 6) is 0. The Morgan fingerprint density at radius 1 is 0.786 bits per heavy atom. The lowest BCUT2D eigenvalue weighted by molar-refractivity contribution is 0.399. The zero-order valence-electron chi connectivity index (χ0n) is 9.51. The van der Waals surface area contributed by atoms with Gasteiger partial charge in [-0.15, -0.1) is 0 Å². The maximum Gasteiger partial charge on any atom is 0.0748 e. The van der Waals surface area contributed by atoms with Crippen molar-refractivity contribution < 1.29 is 10.2 Å². The molecular weight excluding hydrogens is 176 g/mol. The van der Waals surface area contributed by atoms with Gasteiger partial charge in [-0.2, -0.15) is 0 Å². The third kappa shape index (κ3) is 31.0. The van der Waals surface area contributed by atoms with Crippen LogP contribution in [0.2, 0.25) is 0 Å². The van der Waals surface area contributed by atoms with Gasteiger partial charge in [-0.25, -0.2) is 0 Å². The van der Waals surface area contributed by atoms with Crippen LogP contribution < -0.4 is 0 Å². The first-order valence-electron chi connectivity index (χ1n) is 4.62. The molecule has 2 N–H and O–H groups in total. The first kappa shape index (κ1) is 18.5. The predicted molar refractivity (Wildman–Crippen MR) is 63.4 cm³/mol. The van der Waals surface area contributed by atoms with E-state index in [1.54, 1.807) is 13.0 Å². The molecule has 1 aromatic rings. The van der Waals surface area contributed by atoms with Gasteiger partial charge >= 0.3 is 0 Å². The molecule has 14 heavy (non-hydrogen) atoms. The highest BCUT2D eigenvalue weighted by molar-refractivity contribution is 4.99. The van der Waals surface area contributed by atoms with Gasteiger partial charge in [0.2, 0.25) is 0 Å². The number of benzene rings is 1. The smallest absolute Gasteiger partial charge is 0.0748 e. The molecule has 0 atom stereocenters. The molecule has 0 unspecified atom stereocenters. The van der Waals surface area contributed by atoms with Crippen molar-refractivity contribution in [3.63, 3.8) is 0 Å². The summed E-state index contributed by atoms with van der Waals surface area (Å²) in [5.41, 5.74) is 0. The summed E-state index contributed by atoms with van der Waals surface area (Å²) >= 11 is 0. The third-order valence-electron chi connectivity index (χ3n) is 0.816. The summed E-state index contributed by atoms with van der Waals surface area (Å²) < 4.78 is 0. The first-order valence-corrected chi connectivity index (χ1v) is 4.62. The van der Waals surface area contributed by atoms with Crippen LogP contribution in [0.1, 0.15) is 20.8 Å². The number of aliphatic hydroxyl groups excluding tert-OH is 2. The second kappa shape index (κ2) is 29.8. The van der Waals surface area contributed by atoms with E-state index in [1.807, 2.05) is 50.2 Å². The fourth-order valence-electron chi connectivity index (χ4n) is 0.385. The highest BCUT2D eigenvalue weighted by Gasteiger charge is 1.57. The van der Waals surface area contributed by atoms with Gasteiger partial charge in [-0.3, -0.25) is 0 Å². The van der Waals surface area contributed by atoms with Gasteiger partial charge in [-0.05, 0) is 6.92 Å². The van der Waals surface area contributed by atoms with E-state index in [4.69, 9.17) is 10.2 Å². The molecule has 0 fully saturated rings. The van der Waals surface area contributed by atoms with Crippen molar-refractivity contribution >= 4 is 0 Å². The van der Waals surface area contributed by atoms with Crippen molar-refractivity contribution in [2.75, 3.05) is 7.11 Å². The molecule has 2 nitrogen and oxygen atoms in total. The Kier molecular flexibility index (Phi) is 39.4. The minimum atomic E-state index is 1.00. The third-order valence-corrected chi connectivity index (χ3v) is 0.816. The molecule has 0 heterocycles. The van der Waals surface area contributed by atoms with Crippen LogP contribution in [0.4, 0.5) is 0 Å². The standard InChI is InChI=1S/C6H6.C3H6O.C2H6.CH4O/c1-2-4-6-5-3-1;1-2-3-4;2*1-2/h1-6H;2-4H,1H3;1-2H3;2H,1H3. The monoisotopic (exact) mass is 198 g/mol. The number of allylic oxidation sites excluding steroid dienone is 1. The van der Waals surface area contributed by atoms with Crippen LogP contribution in [0.25, 0.3) is 0 Å². The van der Waals surface area contributed by atoms with Gasteiger partial charge in [0.05, 0.1) is 6.26 Å². The van der Waals surface area contributed by atoms with Gasteiger partial charge in [0.25, 0.3) is 0 Å². The molecule has 0 aromatic heterocycles. The van der Waals surface area contributed by atoms with Crippen LogP contribution >= 0.6 is 0 Å². The number of hydrogen-bond acceptors (Lipinski definition) is 2. The van der Waals surface area contributed by atoms with Gasteiger partial charge < -0.3 is 10.2 Å². The Balaban J connectivity index is -0.000000134. The first-order chi connectivity index (χ1) is 6.91. The summed E-state index contributed by atoms with van der Waals surface area (Å²) in [6.07, 6.45) is 2.56. The lowest BCUT2D eigenvalue weighted by Crippen LogP contribution is -1.47. The van der Waals surface area contributed by atoms with Crippen molar-refractivity contribution in [3.8, 4) is 0 Å². The zero-order valence-corrected chi connectivity index (χ0v) is 9.51. The van der Waals surface area contributed by atoms with E-state index in [2.05, 4.69) is 0 Å². The Morgan fingerprint density at radius 2 is 0.929 bits per heavy atom. The molecule has 0 saturated carbocycles. The maximum absolute atomic E-state index is 7.69. The molecule has 0 amide bonds. The highest BCUT2D eigenvalue weighted by Crippen LogP contribution is 1.79. The van der Waals surface area contributed by atoms with Gasteiger partial charge in [0, 0.05) is 7.11 Å². The van der Waals surface area contributed by atoms with Crippen LogP contribution in [-0.2, 0) is 0 Å². The molecule has 0 aliphatic heterocycles. The molecule has 0 spiro atoms. The van der Waals surface area contributed by atoms with E-state index < -0.39 is 0 Å². The minimum absolute atomic E-state index is 1.00. The number of hydrogen-bond donors (Lipinski definition) is 2. The molecule has 0 saturated heterocycles. The normalized spacial score (nSPS) is 6.93. The molecule has 0 aliphatic carbocycles. The minimum Gasteiger partial charge on any atom is -0.516 e. The lowest BCUT2D eigenvalue weighted by atomic mass is 10.4. The molecule has 82 valence electrons. The van der Waals surface area contributed by atoms with E-state index in [-0.39, 0.29) is 0 Å². The second-order valence-electron chi connectivity index (χ2n) is 1.64. The fraction of sp³-hybridized carbons (Fsp3) is 0.333. The summed E-state index contributed by atoms with van der Waals surface area (Å²) in [6.45, 7) is 5.75. The summed E-state index contributed by atoms with van der Waals surface area (Å²) in [7, 11) is 1.00. The van der Waals surface area contributed by atoms with Crippen molar-refractivity contribution in [2.24, 2.45) is 0 Å². The summed E-state index contributed by atoms with van der Waals surface area (Å²) in [5, 5.41) is 14.7. The zero-order chi connectivity index (χ0) is 11.7. The molecule has 2 heteroatoms. The quantitative estimate of drug-likeness (QED) is 0.627. The average Bonchev–Trinajstić information content (AvgIpc) is 2.36. The Morgan fingerprint density at radius 3 is 1.00 bits per heavy atom. The van der Waals surface area contributed by atoms with Crippen LogP contribution in [0.3, 0.4) is 0 Å². The van der Waals surface area contributed by atoms with Crippen LogP contribution in [-0.4, -0.2) is 17.3 Å². The van der Waals surface area contributed by atoms with Gasteiger partial charge in [0.1, 0.15) is 0 Å². The van der Waals surface area contributed by atoms with Gasteiger partial charge in [-0.1, -0.05) is 56.3 Å². The van der Waals surface area contributed by atoms with E-state index in [0.717, 1.165) is 13.4 Å². The van der Waals surface area contributed by atoms with Crippen LogP contribution in [0, 0.1) is 0 Å². The predicted octanol–water partition coefficient (Wildman–Crippen LogP) is 3.40. The summed E-state index contributed by atoms with van der Waals surface area (Å²) in [6, 6.07) is 12.0. The highest BCUT2D eigenvalue weighted by atomic mass is 16.2. The van der Waals surface area contributed by atoms with Gasteiger partial charge in [0.15, 0.2) is 0 Å². The van der Waals surface area contributed by atoms with E-state index in [9.17, 15) is 0 Å². The van der Waals surface area contributed by atoms with Crippen LogP contribution in [0.5, 0.6) is 0 Å². The van der Waals surface area contributed by atoms with E-state index in [1.165, 1.54) is 0 Å². The molecule has 0 aliphatic rings. The maximum atomic E-state index is 7.69. The Labute approximate surface area is 87.5 Å². The van der Waals surface area contributed by atoms with Crippen molar-refractivity contribution in [2.45, 2.75) is 20.8 Å². The fourth-order valence-corrected chi connectivity index (χ4v) is 0.385. The topological polar surface area (TPSA) is 40.5 Å². The molecule has 1 rings (SSSR count). The van der Waals surface area contributed by atoms with E-state index in [0.29, 0.717) is 0 Å². The molecule has 1 aromatic carbocycles. The second-order valence-corrected chi connectivity index (χ2v) is 1.64. The molecule has 0 bridgehead atoms.